The fourth-order valence-corrected chi connectivity index (χ4v) is 2.79. The molecule has 122 valence electrons. The molecule has 0 bridgehead atoms. The van der Waals surface area contributed by atoms with E-state index in [-0.39, 0.29) is 35.5 Å². The van der Waals surface area contributed by atoms with Gasteiger partial charge in [-0.2, -0.15) is 0 Å². The van der Waals surface area contributed by atoms with Crippen LogP contribution in [0.5, 0.6) is 0 Å². The number of nitrogens with zero attached hydrogens (tertiary/aromatic N) is 1. The first-order valence-corrected chi connectivity index (χ1v) is 7.49. The van der Waals surface area contributed by atoms with Crippen molar-refractivity contribution in [3.8, 4) is 11.3 Å². The Morgan fingerprint density at radius 2 is 1.91 bits per heavy atom. The first-order valence-electron chi connectivity index (χ1n) is 7.49. The number of benzene rings is 1. The third-order valence-electron chi connectivity index (χ3n) is 3.97. The average Bonchev–Trinajstić information content (AvgIpc) is 2.55. The number of nitrogens with two attached hydrogens (primary N) is 1. The molecule has 1 aliphatic heterocycles. The topological polar surface area (TPSA) is 79.2 Å². The van der Waals surface area contributed by atoms with Crippen LogP contribution in [0.3, 0.4) is 0 Å². The molecule has 0 saturated carbocycles. The Bertz CT molecular complexity index is 730. The number of aromatic nitrogens is 1. The van der Waals surface area contributed by atoms with Gasteiger partial charge in [0.25, 0.3) is 11.5 Å². The smallest absolute Gasteiger partial charge is 0.261 e. The molecule has 0 spiro atoms. The van der Waals surface area contributed by atoms with Crippen molar-refractivity contribution in [2.75, 3.05) is 13.1 Å². The molecule has 2 aromatic rings. The van der Waals surface area contributed by atoms with Gasteiger partial charge in [0.15, 0.2) is 0 Å². The van der Waals surface area contributed by atoms with Crippen molar-refractivity contribution in [2.45, 2.75) is 18.9 Å². The molecule has 1 amide bonds. The number of halogens is 1. The Hall–Kier alpha value is -2.11. The molecule has 23 heavy (non-hydrogen) atoms. The zero-order valence-electron chi connectivity index (χ0n) is 12.7. The van der Waals surface area contributed by atoms with Crippen LogP contribution in [0.1, 0.15) is 23.2 Å². The van der Waals surface area contributed by atoms with Gasteiger partial charge in [0.05, 0.1) is 0 Å². The van der Waals surface area contributed by atoms with Gasteiger partial charge >= 0.3 is 0 Å². The number of amides is 1. The van der Waals surface area contributed by atoms with Crippen molar-refractivity contribution in [3.63, 3.8) is 0 Å². The van der Waals surface area contributed by atoms with Crippen LogP contribution in [0, 0.1) is 0 Å². The summed E-state index contributed by atoms with van der Waals surface area (Å²) in [5.74, 6) is -0.240. The average molecular weight is 334 g/mol. The number of carbonyl (C=O) groups excluding carboxylic acids is 1. The molecule has 1 saturated heterocycles. The number of pyridine rings is 1. The second kappa shape index (κ2) is 7.44. The lowest BCUT2D eigenvalue weighted by Crippen LogP contribution is -2.46. The fraction of sp³-hybridized carbons (Fsp3) is 0.294. The van der Waals surface area contributed by atoms with Crippen LogP contribution in [-0.4, -0.2) is 34.9 Å². The molecule has 3 N–H and O–H groups in total. The minimum absolute atomic E-state index is 0. The van der Waals surface area contributed by atoms with Gasteiger partial charge in [-0.15, -0.1) is 12.4 Å². The van der Waals surface area contributed by atoms with E-state index in [1.165, 1.54) is 0 Å². The lowest BCUT2D eigenvalue weighted by molar-refractivity contribution is 0.0707. The molecule has 1 unspecified atom stereocenters. The van der Waals surface area contributed by atoms with Crippen molar-refractivity contribution in [1.29, 1.82) is 0 Å². The number of hydrogen-bond donors (Lipinski definition) is 2. The van der Waals surface area contributed by atoms with E-state index in [0.717, 1.165) is 18.4 Å². The number of H-pyrrole nitrogens is 1. The van der Waals surface area contributed by atoms with Gasteiger partial charge in [-0.05, 0) is 30.5 Å². The standard InChI is InChI=1S/C17H19N3O2.ClH/c18-13-7-4-10-20(11-13)17(22)14-8-9-15(19-16(14)21)12-5-2-1-3-6-12;/h1-3,5-6,8-9,13H,4,7,10-11,18H2,(H,19,21);1H. The number of piperidine rings is 1. The second-order valence-electron chi connectivity index (χ2n) is 5.63. The minimum atomic E-state index is -0.356. The second-order valence-corrected chi connectivity index (χ2v) is 5.63. The molecule has 1 aromatic heterocycles. The molecular weight excluding hydrogens is 314 g/mol. The maximum Gasteiger partial charge on any atom is 0.261 e. The predicted molar refractivity (Wildman–Crippen MR) is 92.9 cm³/mol. The molecular formula is C17H20ClN3O2. The summed E-state index contributed by atoms with van der Waals surface area (Å²) in [6.45, 7) is 1.17. The van der Waals surface area contributed by atoms with Crippen LogP contribution in [-0.2, 0) is 0 Å². The Kier molecular flexibility index (Phi) is 5.58. The Morgan fingerprint density at radius 3 is 2.57 bits per heavy atom. The zero-order valence-corrected chi connectivity index (χ0v) is 13.5. The van der Waals surface area contributed by atoms with E-state index in [1.807, 2.05) is 30.3 Å². The highest BCUT2D eigenvalue weighted by Crippen LogP contribution is 2.16. The largest absolute Gasteiger partial charge is 0.337 e. The van der Waals surface area contributed by atoms with Gasteiger partial charge < -0.3 is 15.6 Å². The molecule has 5 nitrogen and oxygen atoms in total. The Labute approximate surface area is 140 Å². The molecule has 1 fully saturated rings. The molecule has 6 heteroatoms. The van der Waals surface area contributed by atoms with Crippen LogP contribution in [0.2, 0.25) is 0 Å². The number of nitrogens with one attached hydrogen (secondary N) is 1. The van der Waals surface area contributed by atoms with Gasteiger partial charge in [0, 0.05) is 24.8 Å². The summed E-state index contributed by atoms with van der Waals surface area (Å²) in [6.07, 6.45) is 1.81. The summed E-state index contributed by atoms with van der Waals surface area (Å²) < 4.78 is 0. The third-order valence-corrected chi connectivity index (χ3v) is 3.97. The number of hydrogen-bond acceptors (Lipinski definition) is 3. The zero-order chi connectivity index (χ0) is 15.5. The van der Waals surface area contributed by atoms with Gasteiger partial charge in [-0.3, -0.25) is 9.59 Å². The fourth-order valence-electron chi connectivity index (χ4n) is 2.79. The van der Waals surface area contributed by atoms with Crippen molar-refractivity contribution >= 4 is 18.3 Å². The van der Waals surface area contributed by atoms with Gasteiger partial charge in [0.1, 0.15) is 5.56 Å². The number of rotatable bonds is 2. The SMILES string of the molecule is Cl.NC1CCCN(C(=O)c2ccc(-c3ccccc3)[nH]c2=O)C1. The van der Waals surface area contributed by atoms with Crippen molar-refractivity contribution in [3.05, 3.63) is 58.4 Å². The number of aromatic amines is 1. The Balaban J connectivity index is 0.00000192. The van der Waals surface area contributed by atoms with Crippen molar-refractivity contribution < 1.29 is 4.79 Å². The van der Waals surface area contributed by atoms with E-state index in [2.05, 4.69) is 4.98 Å². The molecule has 1 atom stereocenters. The highest BCUT2D eigenvalue weighted by Gasteiger charge is 2.24. The van der Waals surface area contributed by atoms with E-state index < -0.39 is 0 Å². The predicted octanol–water partition coefficient (Wildman–Crippen LogP) is 2.03. The van der Waals surface area contributed by atoms with E-state index in [0.29, 0.717) is 18.8 Å². The number of likely N-dealkylation sites (tertiary alicyclic amines) is 1. The van der Waals surface area contributed by atoms with Gasteiger partial charge in [-0.1, -0.05) is 30.3 Å². The molecule has 3 rings (SSSR count). The van der Waals surface area contributed by atoms with E-state index in [9.17, 15) is 9.59 Å². The monoisotopic (exact) mass is 333 g/mol. The van der Waals surface area contributed by atoms with E-state index in [1.54, 1.807) is 17.0 Å². The summed E-state index contributed by atoms with van der Waals surface area (Å²) in [7, 11) is 0. The van der Waals surface area contributed by atoms with Gasteiger partial charge in [0.2, 0.25) is 0 Å². The van der Waals surface area contributed by atoms with Crippen LogP contribution in [0.4, 0.5) is 0 Å². The lowest BCUT2D eigenvalue weighted by Gasteiger charge is -2.30. The highest BCUT2D eigenvalue weighted by atomic mass is 35.5. The van der Waals surface area contributed by atoms with Crippen molar-refractivity contribution in [2.24, 2.45) is 5.73 Å². The Morgan fingerprint density at radius 1 is 1.17 bits per heavy atom. The van der Waals surface area contributed by atoms with Crippen LogP contribution in [0.25, 0.3) is 11.3 Å². The van der Waals surface area contributed by atoms with Crippen LogP contribution >= 0.6 is 12.4 Å². The normalized spacial score (nSPS) is 17.4. The minimum Gasteiger partial charge on any atom is -0.337 e. The van der Waals surface area contributed by atoms with Gasteiger partial charge in [-0.25, -0.2) is 0 Å². The first-order chi connectivity index (χ1) is 10.6. The summed E-state index contributed by atoms with van der Waals surface area (Å²) in [4.78, 5) is 29.2. The summed E-state index contributed by atoms with van der Waals surface area (Å²) in [6, 6.07) is 12.9. The first kappa shape index (κ1) is 17.2. The molecule has 1 aliphatic rings. The quantitative estimate of drug-likeness (QED) is 0.882. The van der Waals surface area contributed by atoms with Crippen LogP contribution in [0.15, 0.2) is 47.3 Å². The van der Waals surface area contributed by atoms with Crippen LogP contribution < -0.4 is 11.3 Å². The molecule has 2 heterocycles. The maximum absolute atomic E-state index is 12.5. The van der Waals surface area contributed by atoms with Crippen molar-refractivity contribution in [1.82, 2.24) is 9.88 Å². The molecule has 0 aliphatic carbocycles. The maximum atomic E-state index is 12.5. The summed E-state index contributed by atoms with van der Waals surface area (Å²) in [5, 5.41) is 0. The summed E-state index contributed by atoms with van der Waals surface area (Å²) >= 11 is 0. The molecule has 0 radical (unpaired) electrons. The third kappa shape index (κ3) is 3.81. The summed E-state index contributed by atoms with van der Waals surface area (Å²) in [5.41, 5.74) is 7.34. The van der Waals surface area contributed by atoms with E-state index >= 15 is 0 Å². The molecule has 1 aromatic carbocycles. The number of carbonyl (C=O) groups is 1. The van der Waals surface area contributed by atoms with E-state index in [4.69, 9.17) is 5.73 Å². The highest BCUT2D eigenvalue weighted by molar-refractivity contribution is 5.94. The lowest BCUT2D eigenvalue weighted by atomic mass is 10.1.